The van der Waals surface area contributed by atoms with Crippen molar-refractivity contribution in [2.24, 2.45) is 5.41 Å². The molecular weight excluding hydrogens is 376 g/mol. The molecule has 0 atom stereocenters. The van der Waals surface area contributed by atoms with Crippen LogP contribution >= 0.6 is 0 Å². The Morgan fingerprint density at radius 3 is 2.57 bits per heavy atom. The van der Waals surface area contributed by atoms with E-state index in [9.17, 15) is 0 Å². The monoisotopic (exact) mass is 410 g/mol. The second kappa shape index (κ2) is 9.71. The first-order valence-corrected chi connectivity index (χ1v) is 11.1. The molecule has 4 rings (SSSR count). The summed E-state index contributed by atoms with van der Waals surface area (Å²) < 4.78 is 5.12. The van der Waals surface area contributed by atoms with Gasteiger partial charge in [0, 0.05) is 50.2 Å². The molecule has 0 radical (unpaired) electrons. The molecule has 2 aromatic rings. The largest absolute Gasteiger partial charge is 0.384 e. The highest BCUT2D eigenvalue weighted by atomic mass is 16.5. The van der Waals surface area contributed by atoms with Gasteiger partial charge in [-0.05, 0) is 56.1 Å². The molecular formula is C23H34N6O. The van der Waals surface area contributed by atoms with E-state index in [4.69, 9.17) is 4.74 Å². The number of rotatable bonds is 10. The molecule has 2 heterocycles. The maximum absolute atomic E-state index is 5.12. The van der Waals surface area contributed by atoms with Crippen molar-refractivity contribution in [2.75, 3.05) is 37.4 Å². The van der Waals surface area contributed by atoms with E-state index >= 15 is 0 Å². The summed E-state index contributed by atoms with van der Waals surface area (Å²) in [5.74, 6) is 0.876. The highest BCUT2D eigenvalue weighted by molar-refractivity contribution is 5.63. The van der Waals surface area contributed by atoms with E-state index < -0.39 is 0 Å². The summed E-state index contributed by atoms with van der Waals surface area (Å²) in [4.78, 5) is 13.4. The molecule has 2 aliphatic rings. The Morgan fingerprint density at radius 1 is 1.03 bits per heavy atom. The standard InChI is InChI=1S/C23H34N6O/c1-23(8-9-23)15-26-19-7-10-25-20(13-19)21-14-22(28-16-27-21)29-18-5-3-17(4-6-18)24-11-12-30-2/h7,10,13-14,16-18,24H,3-6,8-9,11-12,15H2,1-2H3,(H,25,26)(H,27,28,29). The highest BCUT2D eigenvalue weighted by Gasteiger charge is 2.36. The van der Waals surface area contributed by atoms with Gasteiger partial charge in [-0.25, -0.2) is 9.97 Å². The molecule has 0 saturated heterocycles. The molecule has 7 nitrogen and oxygen atoms in total. The number of pyridine rings is 1. The summed E-state index contributed by atoms with van der Waals surface area (Å²) in [6, 6.07) is 7.16. The molecule has 2 saturated carbocycles. The average molecular weight is 411 g/mol. The molecule has 2 aliphatic carbocycles. The fourth-order valence-corrected chi connectivity index (χ4v) is 3.98. The van der Waals surface area contributed by atoms with Crippen LogP contribution in [0.2, 0.25) is 0 Å². The van der Waals surface area contributed by atoms with Gasteiger partial charge in [0.05, 0.1) is 18.0 Å². The SMILES string of the molecule is COCCNC1CCC(Nc2cc(-c3cc(NCC4(C)CC4)ccn3)ncn2)CC1. The van der Waals surface area contributed by atoms with Crippen LogP contribution in [0.3, 0.4) is 0 Å². The van der Waals surface area contributed by atoms with Crippen LogP contribution in [-0.2, 0) is 4.74 Å². The van der Waals surface area contributed by atoms with Crippen molar-refractivity contribution < 1.29 is 4.74 Å². The molecule has 0 spiro atoms. The number of anilines is 2. The van der Waals surface area contributed by atoms with E-state index in [-0.39, 0.29) is 0 Å². The third kappa shape index (κ3) is 5.89. The molecule has 0 unspecified atom stereocenters. The predicted octanol–water partition coefficient (Wildman–Crippen LogP) is 3.71. The van der Waals surface area contributed by atoms with Gasteiger partial charge in [-0.15, -0.1) is 0 Å². The number of hydrogen-bond acceptors (Lipinski definition) is 7. The van der Waals surface area contributed by atoms with E-state index in [2.05, 4.69) is 43.9 Å². The van der Waals surface area contributed by atoms with Crippen molar-refractivity contribution in [2.45, 2.75) is 57.5 Å². The Balaban J connectivity index is 1.32. The minimum atomic E-state index is 0.452. The van der Waals surface area contributed by atoms with E-state index in [1.807, 2.05) is 18.3 Å². The quantitative estimate of drug-likeness (QED) is 0.515. The molecule has 7 heteroatoms. The Bertz CT molecular complexity index is 817. The van der Waals surface area contributed by atoms with Crippen LogP contribution in [-0.4, -0.2) is 53.8 Å². The molecule has 2 fully saturated rings. The number of nitrogens with zero attached hydrogens (tertiary/aromatic N) is 3. The number of hydrogen-bond donors (Lipinski definition) is 3. The van der Waals surface area contributed by atoms with Crippen molar-refractivity contribution >= 4 is 11.5 Å². The Kier molecular flexibility index (Phi) is 6.79. The van der Waals surface area contributed by atoms with E-state index in [1.165, 1.54) is 25.7 Å². The predicted molar refractivity (Wildman–Crippen MR) is 121 cm³/mol. The summed E-state index contributed by atoms with van der Waals surface area (Å²) in [6.07, 6.45) is 10.7. The Morgan fingerprint density at radius 2 is 1.80 bits per heavy atom. The minimum Gasteiger partial charge on any atom is -0.384 e. The summed E-state index contributed by atoms with van der Waals surface area (Å²) in [5.41, 5.74) is 3.29. The van der Waals surface area contributed by atoms with Gasteiger partial charge in [-0.1, -0.05) is 6.92 Å². The minimum absolute atomic E-state index is 0.452. The van der Waals surface area contributed by atoms with Crippen LogP contribution in [0.1, 0.15) is 45.4 Å². The third-order valence-electron chi connectivity index (χ3n) is 6.33. The van der Waals surface area contributed by atoms with Crippen molar-refractivity contribution in [3.8, 4) is 11.4 Å². The number of aromatic nitrogens is 3. The van der Waals surface area contributed by atoms with Crippen LogP contribution in [0.15, 0.2) is 30.7 Å². The van der Waals surface area contributed by atoms with Crippen LogP contribution in [0, 0.1) is 5.41 Å². The summed E-state index contributed by atoms with van der Waals surface area (Å²) in [7, 11) is 1.75. The van der Waals surface area contributed by atoms with Crippen LogP contribution in [0.4, 0.5) is 11.5 Å². The molecule has 162 valence electrons. The normalized spacial score (nSPS) is 22.5. The Labute approximate surface area is 179 Å². The zero-order valence-corrected chi connectivity index (χ0v) is 18.2. The summed E-state index contributed by atoms with van der Waals surface area (Å²) in [5, 5.41) is 10.7. The first-order valence-electron chi connectivity index (χ1n) is 11.1. The average Bonchev–Trinajstić information content (AvgIpc) is 3.52. The lowest BCUT2D eigenvalue weighted by atomic mass is 9.91. The van der Waals surface area contributed by atoms with Gasteiger partial charge in [0.1, 0.15) is 12.1 Å². The van der Waals surface area contributed by atoms with Crippen molar-refractivity contribution in [3.63, 3.8) is 0 Å². The van der Waals surface area contributed by atoms with E-state index in [0.29, 0.717) is 17.5 Å². The van der Waals surface area contributed by atoms with Gasteiger partial charge in [0.25, 0.3) is 0 Å². The third-order valence-corrected chi connectivity index (χ3v) is 6.33. The van der Waals surface area contributed by atoms with E-state index in [1.54, 1.807) is 13.4 Å². The van der Waals surface area contributed by atoms with Crippen molar-refractivity contribution in [3.05, 3.63) is 30.7 Å². The van der Waals surface area contributed by atoms with Gasteiger partial charge in [0.15, 0.2) is 0 Å². The maximum atomic E-state index is 5.12. The lowest BCUT2D eigenvalue weighted by Crippen LogP contribution is -2.38. The Hall–Kier alpha value is -2.25. The van der Waals surface area contributed by atoms with Crippen LogP contribution in [0.5, 0.6) is 0 Å². The fourth-order valence-electron chi connectivity index (χ4n) is 3.98. The van der Waals surface area contributed by atoms with E-state index in [0.717, 1.165) is 55.4 Å². The second-order valence-electron chi connectivity index (χ2n) is 9.02. The fraction of sp³-hybridized carbons (Fsp3) is 0.609. The first-order chi connectivity index (χ1) is 14.6. The number of nitrogens with one attached hydrogen (secondary N) is 3. The molecule has 0 bridgehead atoms. The zero-order valence-electron chi connectivity index (χ0n) is 18.2. The van der Waals surface area contributed by atoms with Gasteiger partial charge < -0.3 is 20.7 Å². The van der Waals surface area contributed by atoms with Crippen LogP contribution < -0.4 is 16.0 Å². The van der Waals surface area contributed by atoms with Gasteiger partial charge in [-0.2, -0.15) is 0 Å². The molecule has 30 heavy (non-hydrogen) atoms. The highest BCUT2D eigenvalue weighted by Crippen LogP contribution is 2.44. The molecule has 0 aliphatic heterocycles. The maximum Gasteiger partial charge on any atom is 0.130 e. The molecule has 3 N–H and O–H groups in total. The smallest absolute Gasteiger partial charge is 0.130 e. The van der Waals surface area contributed by atoms with Crippen molar-refractivity contribution in [1.29, 1.82) is 0 Å². The summed E-state index contributed by atoms with van der Waals surface area (Å²) in [6.45, 7) is 5.03. The first kappa shape index (κ1) is 21.0. The van der Waals surface area contributed by atoms with Crippen LogP contribution in [0.25, 0.3) is 11.4 Å². The van der Waals surface area contributed by atoms with Crippen molar-refractivity contribution in [1.82, 2.24) is 20.3 Å². The van der Waals surface area contributed by atoms with Gasteiger partial charge in [0.2, 0.25) is 0 Å². The molecule has 0 amide bonds. The zero-order chi connectivity index (χ0) is 20.8. The molecule has 2 aromatic heterocycles. The lowest BCUT2D eigenvalue weighted by Gasteiger charge is -2.30. The lowest BCUT2D eigenvalue weighted by molar-refractivity contribution is 0.191. The number of ether oxygens (including phenoxy) is 1. The van der Waals surface area contributed by atoms with Gasteiger partial charge >= 0.3 is 0 Å². The second-order valence-corrected chi connectivity index (χ2v) is 9.02. The topological polar surface area (TPSA) is 84.0 Å². The molecule has 0 aromatic carbocycles. The van der Waals surface area contributed by atoms with Gasteiger partial charge in [-0.3, -0.25) is 4.98 Å². The summed E-state index contributed by atoms with van der Waals surface area (Å²) >= 11 is 0. The number of methoxy groups -OCH3 is 1.